The van der Waals surface area contributed by atoms with Gasteiger partial charge in [-0.05, 0) is 42.5 Å². The van der Waals surface area contributed by atoms with Crippen molar-refractivity contribution in [3.63, 3.8) is 0 Å². The van der Waals surface area contributed by atoms with Gasteiger partial charge in [-0.3, -0.25) is 5.41 Å². The van der Waals surface area contributed by atoms with Gasteiger partial charge in [-0.1, -0.05) is 30.3 Å². The van der Waals surface area contributed by atoms with Crippen LogP contribution in [0.3, 0.4) is 0 Å². The maximum absolute atomic E-state index is 13.4. The number of halogens is 6. The summed E-state index contributed by atoms with van der Waals surface area (Å²) in [5, 5.41) is 21.9. The molecule has 0 bridgehead atoms. The second-order valence-electron chi connectivity index (χ2n) is 7.51. The van der Waals surface area contributed by atoms with E-state index in [0.29, 0.717) is 25.9 Å². The summed E-state index contributed by atoms with van der Waals surface area (Å²) in [7, 11) is -3.79. The number of alkyl halides is 6. The minimum atomic E-state index is -5.08. The molecule has 0 aliphatic carbocycles. The second-order valence-corrected chi connectivity index (χ2v) is 11.5. The molecule has 41 heavy (non-hydrogen) atoms. The molecule has 224 valence electrons. The number of anilines is 1. The van der Waals surface area contributed by atoms with Gasteiger partial charge in [0.25, 0.3) is 0 Å². The van der Waals surface area contributed by atoms with E-state index < -0.39 is 34.1 Å². The Balaban J connectivity index is 0.000000497. The van der Waals surface area contributed by atoms with E-state index in [0.717, 1.165) is 5.56 Å². The fourth-order valence-electron chi connectivity index (χ4n) is 2.93. The third-order valence-corrected chi connectivity index (χ3v) is 9.18. The maximum atomic E-state index is 13.4. The van der Waals surface area contributed by atoms with Gasteiger partial charge in [0, 0.05) is 11.3 Å². The predicted octanol–water partition coefficient (Wildman–Crippen LogP) is 5.41. The highest BCUT2D eigenvalue weighted by atomic mass is 32.2. The van der Waals surface area contributed by atoms with Crippen molar-refractivity contribution < 1.29 is 54.6 Å². The van der Waals surface area contributed by atoms with Crippen LogP contribution in [-0.4, -0.2) is 55.0 Å². The number of nitrogens with one attached hydrogen (secondary N) is 1. The van der Waals surface area contributed by atoms with Crippen molar-refractivity contribution in [2.75, 3.05) is 12.0 Å². The zero-order valence-corrected chi connectivity index (χ0v) is 23.2. The first-order chi connectivity index (χ1) is 18.7. The van der Waals surface area contributed by atoms with Crippen molar-refractivity contribution in [1.29, 1.82) is 5.41 Å². The maximum Gasteiger partial charge on any atom is 0.490 e. The Bertz CT molecular complexity index is 1500. The fourth-order valence-corrected chi connectivity index (χ4v) is 7.03. The summed E-state index contributed by atoms with van der Waals surface area (Å²) in [5.74, 6) is -5.66. The molecule has 0 amide bonds. The highest BCUT2D eigenvalue weighted by Gasteiger charge is 2.39. The van der Waals surface area contributed by atoms with Gasteiger partial charge in [-0.2, -0.15) is 26.3 Å². The lowest BCUT2D eigenvalue weighted by atomic mass is 9.99. The minimum absolute atomic E-state index is 0.143. The van der Waals surface area contributed by atoms with E-state index >= 15 is 0 Å². The first-order valence-corrected chi connectivity index (χ1v) is 14.0. The normalized spacial score (nSPS) is 11.4. The third-order valence-electron chi connectivity index (χ3n) is 4.69. The molecule has 0 aliphatic heterocycles. The molecule has 0 aliphatic rings. The highest BCUT2D eigenvalue weighted by Crippen LogP contribution is 2.40. The first kappa shape index (κ1) is 35.3. The third kappa shape index (κ3) is 9.39. The Morgan fingerprint density at radius 1 is 0.927 bits per heavy atom. The average molecular weight is 646 g/mol. The molecule has 0 unspecified atom stereocenters. The smallest absolute Gasteiger partial charge is 0.475 e. The Hall–Kier alpha value is -3.77. The van der Waals surface area contributed by atoms with E-state index in [1.165, 1.54) is 29.2 Å². The average Bonchev–Trinajstić information content (AvgIpc) is 3.30. The number of aliphatic carboxylic acids is 2. The number of carbonyl (C=O) groups is 2. The molecule has 0 spiro atoms. The topological polar surface area (TPSA) is 185 Å². The van der Waals surface area contributed by atoms with Crippen LogP contribution < -0.4 is 11.5 Å². The molecule has 0 saturated carbocycles. The molecule has 9 nitrogen and oxygen atoms in total. The van der Waals surface area contributed by atoms with Crippen LogP contribution in [0.15, 0.2) is 62.5 Å². The van der Waals surface area contributed by atoms with E-state index in [9.17, 15) is 34.8 Å². The number of carboxylic acid groups (broad SMARTS) is 2. The number of nitrogens with two attached hydrogens (primary N) is 2. The van der Waals surface area contributed by atoms with Crippen LogP contribution in [0.4, 0.5) is 32.0 Å². The summed E-state index contributed by atoms with van der Waals surface area (Å²) in [6.45, 7) is 1.77. The SMILES string of the molecule is CSc1sc(C(=N)N)cc1S(=O)(=O)c1ccc(N)c(-c2ccccc2)c1C.O=C(O)C(F)(F)F.O=C(O)C(F)(F)F. The number of rotatable bonds is 5. The molecule has 18 heteroatoms. The number of hydrogen-bond acceptors (Lipinski definition) is 8. The summed E-state index contributed by atoms with van der Waals surface area (Å²) in [4.78, 5) is 18.6. The van der Waals surface area contributed by atoms with Gasteiger partial charge in [0.1, 0.15) is 5.84 Å². The number of benzene rings is 2. The van der Waals surface area contributed by atoms with Gasteiger partial charge in [0.15, 0.2) is 0 Å². The van der Waals surface area contributed by atoms with Crippen LogP contribution in [-0.2, 0) is 19.4 Å². The van der Waals surface area contributed by atoms with Crippen molar-refractivity contribution in [1.82, 2.24) is 0 Å². The van der Waals surface area contributed by atoms with Crippen LogP contribution in [0.25, 0.3) is 11.1 Å². The molecule has 3 rings (SSSR count). The van der Waals surface area contributed by atoms with Crippen LogP contribution >= 0.6 is 23.1 Å². The predicted molar refractivity (Wildman–Crippen MR) is 141 cm³/mol. The molecule has 1 aromatic heterocycles. The van der Waals surface area contributed by atoms with E-state index in [-0.39, 0.29) is 15.6 Å². The number of thiophene rings is 1. The molecule has 0 radical (unpaired) electrons. The van der Waals surface area contributed by atoms with Crippen LogP contribution in [0, 0.1) is 12.3 Å². The summed E-state index contributed by atoms with van der Waals surface area (Å²) >= 11 is 2.54. The second kappa shape index (κ2) is 13.7. The lowest BCUT2D eigenvalue weighted by Crippen LogP contribution is -2.21. The Labute approximate surface area is 237 Å². The summed E-state index contributed by atoms with van der Waals surface area (Å²) in [5.41, 5.74) is 14.4. The summed E-state index contributed by atoms with van der Waals surface area (Å²) < 4.78 is 90.9. The highest BCUT2D eigenvalue weighted by molar-refractivity contribution is 8.01. The zero-order chi connectivity index (χ0) is 31.9. The van der Waals surface area contributed by atoms with Crippen molar-refractivity contribution in [2.45, 2.75) is 33.3 Å². The molecule has 3 aromatic rings. The van der Waals surface area contributed by atoms with Crippen molar-refractivity contribution in [3.05, 3.63) is 59.0 Å². The van der Waals surface area contributed by atoms with Gasteiger partial charge in [0.05, 0.1) is 18.9 Å². The number of carboxylic acids is 2. The van der Waals surface area contributed by atoms with Gasteiger partial charge in [-0.25, -0.2) is 18.0 Å². The zero-order valence-electron chi connectivity index (χ0n) is 20.8. The van der Waals surface area contributed by atoms with E-state index in [4.69, 9.17) is 36.7 Å². The summed E-state index contributed by atoms with van der Waals surface area (Å²) in [6, 6.07) is 14.1. The molecular formula is C23H21F6N3O6S3. The number of hydrogen-bond donors (Lipinski definition) is 5. The van der Waals surface area contributed by atoms with Gasteiger partial charge in [0.2, 0.25) is 9.84 Å². The van der Waals surface area contributed by atoms with Crippen LogP contribution in [0.1, 0.15) is 10.4 Å². The number of thioether (sulfide) groups is 1. The molecule has 7 N–H and O–H groups in total. The van der Waals surface area contributed by atoms with Crippen LogP contribution in [0.5, 0.6) is 0 Å². The molecule has 0 fully saturated rings. The monoisotopic (exact) mass is 645 g/mol. The number of sulfone groups is 1. The quantitative estimate of drug-likeness (QED) is 0.0796. The Morgan fingerprint density at radius 2 is 1.39 bits per heavy atom. The first-order valence-electron chi connectivity index (χ1n) is 10.5. The van der Waals surface area contributed by atoms with Crippen molar-refractivity contribution in [3.8, 4) is 11.1 Å². The molecular weight excluding hydrogens is 624 g/mol. The Morgan fingerprint density at radius 3 is 1.78 bits per heavy atom. The minimum Gasteiger partial charge on any atom is -0.475 e. The molecule has 1 heterocycles. The van der Waals surface area contributed by atoms with Crippen molar-refractivity contribution in [2.24, 2.45) is 5.73 Å². The lowest BCUT2D eigenvalue weighted by molar-refractivity contribution is -0.193. The lowest BCUT2D eigenvalue weighted by Gasteiger charge is -2.15. The number of amidine groups is 1. The largest absolute Gasteiger partial charge is 0.490 e. The molecule has 0 atom stereocenters. The van der Waals surface area contributed by atoms with Gasteiger partial charge < -0.3 is 21.7 Å². The molecule has 0 saturated heterocycles. The summed E-state index contributed by atoms with van der Waals surface area (Å²) in [6.07, 6.45) is -8.36. The molecule has 2 aromatic carbocycles. The van der Waals surface area contributed by atoms with E-state index in [1.54, 1.807) is 25.3 Å². The fraction of sp³-hybridized carbons (Fsp3) is 0.174. The van der Waals surface area contributed by atoms with E-state index in [1.807, 2.05) is 30.3 Å². The van der Waals surface area contributed by atoms with Crippen LogP contribution in [0.2, 0.25) is 0 Å². The van der Waals surface area contributed by atoms with E-state index in [2.05, 4.69) is 0 Å². The van der Waals surface area contributed by atoms with Gasteiger partial charge >= 0.3 is 24.3 Å². The standard InChI is InChI=1S/C19H19N3O2S3.2C2HF3O2/c1-11-15(9-8-13(20)17(11)12-6-4-3-5-7-12)27(23,24)16-10-14(18(21)22)26-19(16)25-2;2*3-2(4,5)1(6)7/h3-10H,20H2,1-2H3,(H3,21,22);2*(H,6,7). The number of nitrogen functional groups attached to an aromatic ring is 2. The Kier molecular flexibility index (Phi) is 11.8. The van der Waals surface area contributed by atoms with Crippen molar-refractivity contribution >= 4 is 56.4 Å². The van der Waals surface area contributed by atoms with Gasteiger partial charge in [-0.15, -0.1) is 23.1 Å².